The minimum Gasteiger partial charge on any atom is -0.419 e. The van der Waals surface area contributed by atoms with Crippen molar-refractivity contribution in [3.63, 3.8) is 0 Å². The van der Waals surface area contributed by atoms with Gasteiger partial charge in [-0.15, -0.1) is 10.2 Å². The number of anilines is 1. The average Bonchev–Trinajstić information content (AvgIpc) is 3.47. The fraction of sp³-hybridized carbons (Fsp3) is 0.458. The third kappa shape index (κ3) is 4.01. The molecule has 0 saturated carbocycles. The first-order chi connectivity index (χ1) is 15.7. The van der Waals surface area contributed by atoms with E-state index in [4.69, 9.17) is 14.6 Å². The van der Waals surface area contributed by atoms with Gasteiger partial charge in [0.15, 0.2) is 0 Å². The van der Waals surface area contributed by atoms with Crippen molar-refractivity contribution in [2.45, 2.75) is 32.0 Å². The largest absolute Gasteiger partial charge is 0.419 e. The second-order valence-electron chi connectivity index (χ2n) is 8.68. The van der Waals surface area contributed by atoms with E-state index in [9.17, 15) is 0 Å². The third-order valence-electron chi connectivity index (χ3n) is 6.57. The lowest BCUT2D eigenvalue weighted by Crippen LogP contribution is -2.40. The highest BCUT2D eigenvalue weighted by Gasteiger charge is 2.31. The Hall–Kier alpha value is -2.81. The second-order valence-corrected chi connectivity index (χ2v) is 8.68. The van der Waals surface area contributed by atoms with E-state index in [0.29, 0.717) is 36.9 Å². The molecule has 0 amide bonds. The van der Waals surface area contributed by atoms with Gasteiger partial charge in [0.2, 0.25) is 11.8 Å². The Morgan fingerprint density at radius 1 is 1.34 bits per heavy atom. The van der Waals surface area contributed by atoms with Gasteiger partial charge in [0.1, 0.15) is 0 Å². The van der Waals surface area contributed by atoms with Crippen molar-refractivity contribution in [1.29, 1.82) is 5.41 Å². The molecule has 0 spiro atoms. The maximum absolute atomic E-state index is 8.03. The molecule has 1 aromatic carbocycles. The van der Waals surface area contributed by atoms with Crippen LogP contribution in [0.5, 0.6) is 0 Å². The van der Waals surface area contributed by atoms with Crippen LogP contribution in [0.1, 0.15) is 30.4 Å². The van der Waals surface area contributed by atoms with Gasteiger partial charge in [-0.05, 0) is 43.2 Å². The first-order valence-electron chi connectivity index (χ1n) is 11.3. The fourth-order valence-corrected chi connectivity index (χ4v) is 5.00. The smallest absolute Gasteiger partial charge is 0.248 e. The standard InChI is InChI=1S/C24H30N6O2/c1-15-13-30(8-9-31-15)14-23-28-29-24(32-23)19-10-16(11-22(26-2)20(19)12-25)17-4-3-5-21-18(17)6-7-27-21/h3-5,10-12,15,18,21,25-27H,6-9,13-14H2,1-2H3. The lowest BCUT2D eigenvalue weighted by atomic mass is 9.82. The molecule has 32 heavy (non-hydrogen) atoms. The number of allylic oxidation sites excluding steroid dienone is 2. The quantitative estimate of drug-likeness (QED) is 0.601. The van der Waals surface area contributed by atoms with Gasteiger partial charge in [-0.1, -0.05) is 18.2 Å². The molecule has 8 heteroatoms. The fourth-order valence-electron chi connectivity index (χ4n) is 5.00. The van der Waals surface area contributed by atoms with Crippen LogP contribution in [0, 0.1) is 11.3 Å². The van der Waals surface area contributed by atoms with Gasteiger partial charge in [-0.2, -0.15) is 0 Å². The Balaban J connectivity index is 1.49. The zero-order valence-electron chi connectivity index (χ0n) is 18.6. The summed E-state index contributed by atoms with van der Waals surface area (Å²) in [7, 11) is 1.88. The molecular weight excluding hydrogens is 404 g/mol. The van der Waals surface area contributed by atoms with E-state index in [2.05, 4.69) is 63.0 Å². The van der Waals surface area contributed by atoms with E-state index in [0.717, 1.165) is 48.4 Å². The summed E-state index contributed by atoms with van der Waals surface area (Å²) < 4.78 is 11.7. The molecule has 3 unspecified atom stereocenters. The highest BCUT2D eigenvalue weighted by molar-refractivity contribution is 5.96. The summed E-state index contributed by atoms with van der Waals surface area (Å²) in [5.41, 5.74) is 4.85. The van der Waals surface area contributed by atoms with Crippen LogP contribution in [-0.2, 0) is 11.3 Å². The zero-order chi connectivity index (χ0) is 22.1. The number of morpholine rings is 1. The van der Waals surface area contributed by atoms with Crippen molar-refractivity contribution in [1.82, 2.24) is 20.4 Å². The van der Waals surface area contributed by atoms with E-state index in [-0.39, 0.29) is 6.10 Å². The molecular formula is C24H30N6O2. The van der Waals surface area contributed by atoms with Crippen molar-refractivity contribution in [2.24, 2.45) is 5.92 Å². The van der Waals surface area contributed by atoms with Crippen molar-refractivity contribution in [2.75, 3.05) is 38.6 Å². The summed E-state index contributed by atoms with van der Waals surface area (Å²) in [6, 6.07) is 4.59. The highest BCUT2D eigenvalue weighted by atomic mass is 16.5. The van der Waals surface area contributed by atoms with E-state index in [1.807, 2.05) is 7.05 Å². The molecule has 0 bridgehead atoms. The molecule has 2 saturated heterocycles. The minimum absolute atomic E-state index is 0.206. The lowest BCUT2D eigenvalue weighted by Gasteiger charge is -2.29. The summed E-state index contributed by atoms with van der Waals surface area (Å²) in [5.74, 6) is 1.48. The predicted octanol–water partition coefficient (Wildman–Crippen LogP) is 2.93. The number of ether oxygens (including phenoxy) is 1. The van der Waals surface area contributed by atoms with Crippen molar-refractivity contribution < 1.29 is 9.15 Å². The Morgan fingerprint density at radius 2 is 2.25 bits per heavy atom. The van der Waals surface area contributed by atoms with Crippen molar-refractivity contribution in [3.05, 3.63) is 47.4 Å². The van der Waals surface area contributed by atoms with Crippen LogP contribution in [0.25, 0.3) is 17.0 Å². The van der Waals surface area contributed by atoms with Gasteiger partial charge in [-0.3, -0.25) is 4.90 Å². The van der Waals surface area contributed by atoms with Crippen molar-refractivity contribution in [3.8, 4) is 11.5 Å². The van der Waals surface area contributed by atoms with Crippen LogP contribution in [0.3, 0.4) is 0 Å². The molecule has 1 aliphatic carbocycles. The second kappa shape index (κ2) is 8.97. The Kier molecular flexibility index (Phi) is 5.91. The Bertz CT molecular complexity index is 1060. The highest BCUT2D eigenvalue weighted by Crippen LogP contribution is 2.39. The summed E-state index contributed by atoms with van der Waals surface area (Å²) in [4.78, 5) is 2.27. The maximum Gasteiger partial charge on any atom is 0.248 e. The Labute approximate surface area is 188 Å². The summed E-state index contributed by atoms with van der Waals surface area (Å²) in [5, 5.41) is 23.5. The molecule has 8 nitrogen and oxygen atoms in total. The van der Waals surface area contributed by atoms with Gasteiger partial charge in [0, 0.05) is 49.6 Å². The monoisotopic (exact) mass is 434 g/mol. The first kappa shape index (κ1) is 21.1. The molecule has 5 rings (SSSR count). The van der Waals surface area contributed by atoms with Crippen LogP contribution >= 0.6 is 0 Å². The molecule has 2 fully saturated rings. The molecule has 3 heterocycles. The van der Waals surface area contributed by atoms with Gasteiger partial charge in [-0.25, -0.2) is 0 Å². The summed E-state index contributed by atoms with van der Waals surface area (Å²) >= 11 is 0. The number of nitrogens with zero attached hydrogens (tertiary/aromatic N) is 3. The van der Waals surface area contributed by atoms with Crippen LogP contribution in [0.4, 0.5) is 5.69 Å². The SMILES string of the molecule is CNc1cc(C2=CC=CC3NCCC23)cc(-c2nnc(CN3CCOC(C)C3)o2)c1C=N. The molecule has 168 valence electrons. The number of fused-ring (bicyclic) bond motifs is 1. The number of aromatic nitrogens is 2. The van der Waals surface area contributed by atoms with E-state index in [1.54, 1.807) is 0 Å². The van der Waals surface area contributed by atoms with Gasteiger partial charge >= 0.3 is 0 Å². The van der Waals surface area contributed by atoms with E-state index in [1.165, 1.54) is 11.8 Å². The number of hydrogen-bond acceptors (Lipinski definition) is 8. The van der Waals surface area contributed by atoms with Gasteiger partial charge < -0.3 is 25.2 Å². The summed E-state index contributed by atoms with van der Waals surface area (Å²) in [6.07, 6.45) is 9.25. The maximum atomic E-state index is 8.03. The molecule has 0 radical (unpaired) electrons. The number of rotatable bonds is 6. The average molecular weight is 435 g/mol. The number of benzene rings is 1. The van der Waals surface area contributed by atoms with Gasteiger partial charge in [0.25, 0.3) is 0 Å². The van der Waals surface area contributed by atoms with Crippen LogP contribution in [0.2, 0.25) is 0 Å². The van der Waals surface area contributed by atoms with E-state index >= 15 is 0 Å². The topological polar surface area (TPSA) is 99.3 Å². The third-order valence-corrected chi connectivity index (χ3v) is 6.57. The normalized spacial score (nSPS) is 25.4. The molecule has 3 N–H and O–H groups in total. The van der Waals surface area contributed by atoms with Crippen LogP contribution < -0.4 is 10.6 Å². The van der Waals surface area contributed by atoms with Crippen LogP contribution in [-0.4, -0.2) is 66.7 Å². The summed E-state index contributed by atoms with van der Waals surface area (Å²) in [6.45, 7) is 6.12. The predicted molar refractivity (Wildman–Crippen MR) is 125 cm³/mol. The molecule has 2 aromatic rings. The lowest BCUT2D eigenvalue weighted by molar-refractivity contribution is -0.0235. The molecule has 3 aliphatic rings. The zero-order valence-corrected chi connectivity index (χ0v) is 18.6. The number of hydrogen-bond donors (Lipinski definition) is 3. The Morgan fingerprint density at radius 3 is 3.06 bits per heavy atom. The minimum atomic E-state index is 0.206. The van der Waals surface area contributed by atoms with Crippen LogP contribution in [0.15, 0.2) is 34.8 Å². The van der Waals surface area contributed by atoms with Crippen molar-refractivity contribution >= 4 is 17.5 Å². The van der Waals surface area contributed by atoms with Gasteiger partial charge in [0.05, 0.1) is 24.8 Å². The molecule has 2 aliphatic heterocycles. The first-order valence-corrected chi connectivity index (χ1v) is 11.3. The number of nitrogens with one attached hydrogen (secondary N) is 3. The van der Waals surface area contributed by atoms with E-state index < -0.39 is 0 Å². The molecule has 3 atom stereocenters. The molecule has 1 aromatic heterocycles.